The van der Waals surface area contributed by atoms with Gasteiger partial charge in [-0.1, -0.05) is 13.3 Å². The molecule has 0 radical (unpaired) electrons. The van der Waals surface area contributed by atoms with E-state index in [1.54, 1.807) is 19.4 Å². The van der Waals surface area contributed by atoms with Crippen molar-refractivity contribution < 1.29 is 5.11 Å². The summed E-state index contributed by atoms with van der Waals surface area (Å²) in [6, 6.07) is 0. The number of anilines is 1. The zero-order valence-corrected chi connectivity index (χ0v) is 11.7. The van der Waals surface area contributed by atoms with E-state index in [9.17, 15) is 9.90 Å². The van der Waals surface area contributed by atoms with E-state index in [0.717, 1.165) is 31.6 Å². The molecule has 0 bridgehead atoms. The zero-order valence-electron chi connectivity index (χ0n) is 11.7. The fourth-order valence-electron chi connectivity index (χ4n) is 2.67. The number of nitrogens with one attached hydrogen (secondary N) is 1. The van der Waals surface area contributed by atoms with Gasteiger partial charge in [-0.05, 0) is 31.6 Å². The molecule has 0 unspecified atom stereocenters. The Morgan fingerprint density at radius 1 is 1.53 bits per heavy atom. The van der Waals surface area contributed by atoms with E-state index in [0.29, 0.717) is 12.4 Å². The van der Waals surface area contributed by atoms with Gasteiger partial charge in [0.1, 0.15) is 0 Å². The van der Waals surface area contributed by atoms with Gasteiger partial charge in [-0.15, -0.1) is 0 Å². The molecule has 0 aromatic carbocycles. The molecule has 5 nitrogen and oxygen atoms in total. The summed E-state index contributed by atoms with van der Waals surface area (Å²) in [7, 11) is 1.69. The summed E-state index contributed by atoms with van der Waals surface area (Å²) in [5.41, 5.74) is -0.859. The van der Waals surface area contributed by atoms with Crippen molar-refractivity contribution in [2.75, 3.05) is 11.9 Å². The van der Waals surface area contributed by atoms with Crippen LogP contribution in [0, 0.1) is 5.92 Å². The topological polar surface area (TPSA) is 67.2 Å². The third-order valence-corrected chi connectivity index (χ3v) is 4.21. The molecule has 106 valence electrons. The second-order valence-electron chi connectivity index (χ2n) is 5.62. The lowest BCUT2D eigenvalue weighted by Gasteiger charge is -2.35. The molecule has 5 heteroatoms. The molecule has 1 saturated carbocycles. The molecule has 2 N–H and O–H groups in total. The van der Waals surface area contributed by atoms with Gasteiger partial charge in [0.25, 0.3) is 5.56 Å². The molecule has 0 saturated heterocycles. The number of rotatable bonds is 4. The summed E-state index contributed by atoms with van der Waals surface area (Å²) in [5, 5.41) is 13.5. The van der Waals surface area contributed by atoms with Crippen LogP contribution in [-0.4, -0.2) is 26.8 Å². The number of nitrogens with zero attached hydrogens (tertiary/aromatic N) is 2. The van der Waals surface area contributed by atoms with Gasteiger partial charge in [-0.25, -0.2) is 4.98 Å². The second-order valence-corrected chi connectivity index (χ2v) is 5.62. The molecule has 19 heavy (non-hydrogen) atoms. The molecule has 0 atom stereocenters. The van der Waals surface area contributed by atoms with E-state index in [2.05, 4.69) is 17.2 Å². The average Bonchev–Trinajstić information content (AvgIpc) is 2.41. The molecule has 0 aliphatic heterocycles. The third-order valence-electron chi connectivity index (χ3n) is 4.21. The number of aromatic nitrogens is 2. The van der Waals surface area contributed by atoms with Crippen LogP contribution in [0.3, 0.4) is 0 Å². The third kappa shape index (κ3) is 3.35. The Balaban J connectivity index is 1.95. The first kappa shape index (κ1) is 14.1. The Kier molecular flexibility index (Phi) is 4.24. The second kappa shape index (κ2) is 5.74. The molecule has 1 aromatic rings. The summed E-state index contributed by atoms with van der Waals surface area (Å²) in [6.45, 7) is 2.60. The molecule has 1 aliphatic carbocycles. The maximum Gasteiger partial charge on any atom is 0.293 e. The standard InChI is InChI=1S/C14H23N3O2/c1-3-11-4-6-14(19,7-5-11)10-16-12-13(18)17(2)9-8-15-12/h8-9,11,19H,3-7,10H2,1-2H3,(H,15,16). The van der Waals surface area contributed by atoms with E-state index < -0.39 is 5.60 Å². The van der Waals surface area contributed by atoms with Crippen molar-refractivity contribution in [2.24, 2.45) is 13.0 Å². The van der Waals surface area contributed by atoms with Crippen molar-refractivity contribution in [3.05, 3.63) is 22.7 Å². The highest BCUT2D eigenvalue weighted by Crippen LogP contribution is 2.33. The fraction of sp³-hybridized carbons (Fsp3) is 0.714. The SMILES string of the molecule is CCC1CCC(O)(CNc2nccn(C)c2=O)CC1. The van der Waals surface area contributed by atoms with Crippen molar-refractivity contribution in [3.63, 3.8) is 0 Å². The summed E-state index contributed by atoms with van der Waals surface area (Å²) in [4.78, 5) is 15.8. The summed E-state index contributed by atoms with van der Waals surface area (Å²) >= 11 is 0. The minimum Gasteiger partial charge on any atom is -0.388 e. The Bertz CT molecular complexity index is 476. The summed E-state index contributed by atoms with van der Waals surface area (Å²) < 4.78 is 1.48. The zero-order chi connectivity index (χ0) is 13.9. The van der Waals surface area contributed by atoms with Crippen molar-refractivity contribution in [1.29, 1.82) is 0 Å². The van der Waals surface area contributed by atoms with Gasteiger partial charge >= 0.3 is 0 Å². The Labute approximate surface area is 113 Å². The number of hydrogen-bond acceptors (Lipinski definition) is 4. The van der Waals surface area contributed by atoms with Crippen molar-refractivity contribution >= 4 is 5.82 Å². The quantitative estimate of drug-likeness (QED) is 0.866. The Morgan fingerprint density at radius 2 is 2.21 bits per heavy atom. The van der Waals surface area contributed by atoms with Gasteiger partial charge in [0.15, 0.2) is 5.82 Å². The van der Waals surface area contributed by atoms with Crippen LogP contribution in [0.5, 0.6) is 0 Å². The van der Waals surface area contributed by atoms with E-state index >= 15 is 0 Å². The molecule has 1 aromatic heterocycles. The molecular weight excluding hydrogens is 242 g/mol. The smallest absolute Gasteiger partial charge is 0.293 e. The van der Waals surface area contributed by atoms with Crippen LogP contribution >= 0.6 is 0 Å². The first-order valence-electron chi connectivity index (χ1n) is 7.02. The van der Waals surface area contributed by atoms with Crippen molar-refractivity contribution in [3.8, 4) is 0 Å². The van der Waals surface area contributed by atoms with Crippen LogP contribution in [-0.2, 0) is 7.05 Å². The summed E-state index contributed by atoms with van der Waals surface area (Å²) in [5.74, 6) is 1.05. The van der Waals surface area contributed by atoms with Crippen LogP contribution in [0.2, 0.25) is 0 Å². The summed E-state index contributed by atoms with van der Waals surface area (Å²) in [6.07, 6.45) is 8.11. The van der Waals surface area contributed by atoms with Crippen LogP contribution in [0.4, 0.5) is 5.82 Å². The van der Waals surface area contributed by atoms with E-state index in [4.69, 9.17) is 0 Å². The Hall–Kier alpha value is -1.36. The highest BCUT2D eigenvalue weighted by molar-refractivity contribution is 5.31. The van der Waals surface area contributed by atoms with Gasteiger partial charge in [0.2, 0.25) is 0 Å². The van der Waals surface area contributed by atoms with Crippen LogP contribution < -0.4 is 10.9 Å². The van der Waals surface area contributed by atoms with Gasteiger partial charge in [-0.2, -0.15) is 0 Å². The lowest BCUT2D eigenvalue weighted by Crippen LogP contribution is -2.41. The number of aliphatic hydroxyl groups is 1. The van der Waals surface area contributed by atoms with Crippen molar-refractivity contribution in [1.82, 2.24) is 9.55 Å². The molecule has 0 spiro atoms. The maximum absolute atomic E-state index is 11.8. The number of aryl methyl sites for hydroxylation is 1. The van der Waals surface area contributed by atoms with E-state index in [-0.39, 0.29) is 5.56 Å². The number of hydrogen-bond donors (Lipinski definition) is 2. The molecule has 0 amide bonds. The maximum atomic E-state index is 11.8. The van der Waals surface area contributed by atoms with Gasteiger partial charge < -0.3 is 15.0 Å². The molecule has 1 heterocycles. The van der Waals surface area contributed by atoms with Gasteiger partial charge in [0.05, 0.1) is 5.60 Å². The normalized spacial score (nSPS) is 27.2. The van der Waals surface area contributed by atoms with Crippen LogP contribution in [0.1, 0.15) is 39.0 Å². The van der Waals surface area contributed by atoms with E-state index in [1.165, 1.54) is 11.0 Å². The lowest BCUT2D eigenvalue weighted by molar-refractivity contribution is 0.00220. The van der Waals surface area contributed by atoms with Crippen LogP contribution in [0.15, 0.2) is 17.2 Å². The average molecular weight is 265 g/mol. The van der Waals surface area contributed by atoms with E-state index in [1.807, 2.05) is 0 Å². The van der Waals surface area contributed by atoms with Gasteiger partial charge in [0, 0.05) is 26.0 Å². The first-order valence-corrected chi connectivity index (χ1v) is 7.02. The molecule has 2 rings (SSSR count). The largest absolute Gasteiger partial charge is 0.388 e. The minimum absolute atomic E-state index is 0.159. The highest BCUT2D eigenvalue weighted by Gasteiger charge is 2.32. The Morgan fingerprint density at radius 3 is 2.84 bits per heavy atom. The predicted octanol–water partition coefficient (Wildman–Crippen LogP) is 1.52. The fourth-order valence-corrected chi connectivity index (χ4v) is 2.67. The monoisotopic (exact) mass is 265 g/mol. The first-order chi connectivity index (χ1) is 9.04. The molecule has 1 aliphatic rings. The minimum atomic E-state index is -0.700. The van der Waals surface area contributed by atoms with Gasteiger partial charge in [-0.3, -0.25) is 4.79 Å². The molecule has 1 fully saturated rings. The van der Waals surface area contributed by atoms with Crippen LogP contribution in [0.25, 0.3) is 0 Å². The lowest BCUT2D eigenvalue weighted by atomic mass is 9.78. The predicted molar refractivity (Wildman–Crippen MR) is 75.2 cm³/mol. The molecular formula is C14H23N3O2. The highest BCUT2D eigenvalue weighted by atomic mass is 16.3. The van der Waals surface area contributed by atoms with Crippen molar-refractivity contribution in [2.45, 2.75) is 44.6 Å².